The van der Waals surface area contributed by atoms with Gasteiger partial charge in [0.2, 0.25) is 11.8 Å². The largest absolute Gasteiger partial charge is 0.346 e. The van der Waals surface area contributed by atoms with Gasteiger partial charge in [0.25, 0.3) is 0 Å². The highest BCUT2D eigenvalue weighted by Crippen LogP contribution is 2.36. The Balaban J connectivity index is 1.76. The first kappa shape index (κ1) is 15.0. The molecule has 0 aromatic carbocycles. The predicted octanol–water partition coefficient (Wildman–Crippen LogP) is 2.00. The van der Waals surface area contributed by atoms with Gasteiger partial charge in [-0.2, -0.15) is 0 Å². The third-order valence-electron chi connectivity index (χ3n) is 4.74. The second-order valence-electron chi connectivity index (χ2n) is 6.41. The number of amides is 2. The van der Waals surface area contributed by atoms with Crippen molar-refractivity contribution in [3.8, 4) is 0 Å². The molecule has 0 unspecified atom stereocenters. The number of rotatable bonds is 4. The summed E-state index contributed by atoms with van der Waals surface area (Å²) >= 11 is 0. The van der Waals surface area contributed by atoms with Crippen LogP contribution in [0, 0.1) is 5.92 Å². The minimum atomic E-state index is -0.171. The number of hydrogen-bond donors (Lipinski definition) is 0. The first-order valence-electron chi connectivity index (χ1n) is 8.05. The maximum atomic E-state index is 13.0. The fourth-order valence-corrected chi connectivity index (χ4v) is 3.17. The van der Waals surface area contributed by atoms with Crippen LogP contribution in [0.1, 0.15) is 44.3 Å². The Hall–Kier alpha value is -1.91. The lowest BCUT2D eigenvalue weighted by atomic mass is 9.94. The zero-order valence-corrected chi connectivity index (χ0v) is 13.2. The van der Waals surface area contributed by atoms with Gasteiger partial charge in [-0.1, -0.05) is 6.07 Å². The second kappa shape index (κ2) is 6.07. The molecule has 1 saturated heterocycles. The highest BCUT2D eigenvalue weighted by Gasteiger charge is 2.41. The lowest BCUT2D eigenvalue weighted by Crippen LogP contribution is -2.45. The Morgan fingerprint density at radius 2 is 2.14 bits per heavy atom. The van der Waals surface area contributed by atoms with Gasteiger partial charge in [-0.05, 0) is 38.3 Å². The number of aromatic nitrogens is 1. The summed E-state index contributed by atoms with van der Waals surface area (Å²) in [5, 5.41) is 0. The standard InChI is InChI=1S/C17H23N3O2/c1-12(15-5-3-4-9-18-15)20(14-6-7-14)17(22)13-8-10-19(2)16(21)11-13/h3-5,9,12-14H,6-8,10-11H2,1-2H3/t12-,13-/m1/s1. The van der Waals surface area contributed by atoms with Gasteiger partial charge in [0.15, 0.2) is 0 Å². The van der Waals surface area contributed by atoms with Crippen molar-refractivity contribution < 1.29 is 9.59 Å². The van der Waals surface area contributed by atoms with Gasteiger partial charge in [-0.25, -0.2) is 0 Å². The van der Waals surface area contributed by atoms with Crippen LogP contribution in [0.4, 0.5) is 0 Å². The molecule has 5 heteroatoms. The molecule has 3 rings (SSSR count). The molecule has 1 aliphatic heterocycles. The molecule has 0 spiro atoms. The van der Waals surface area contributed by atoms with E-state index in [4.69, 9.17) is 0 Å². The molecule has 0 N–H and O–H groups in total. The molecule has 1 aliphatic carbocycles. The van der Waals surface area contributed by atoms with Gasteiger partial charge < -0.3 is 9.80 Å². The van der Waals surface area contributed by atoms with Crippen molar-refractivity contribution in [3.05, 3.63) is 30.1 Å². The van der Waals surface area contributed by atoms with Gasteiger partial charge in [0.1, 0.15) is 0 Å². The maximum Gasteiger partial charge on any atom is 0.227 e. The van der Waals surface area contributed by atoms with E-state index in [1.165, 1.54) is 0 Å². The van der Waals surface area contributed by atoms with Crippen molar-refractivity contribution in [1.82, 2.24) is 14.8 Å². The summed E-state index contributed by atoms with van der Waals surface area (Å²) in [6.45, 7) is 2.71. The number of piperidine rings is 1. The first-order valence-corrected chi connectivity index (χ1v) is 8.05. The number of carbonyl (C=O) groups is 2. The summed E-state index contributed by atoms with van der Waals surface area (Å²) in [4.78, 5) is 33.0. The topological polar surface area (TPSA) is 53.5 Å². The monoisotopic (exact) mass is 301 g/mol. The molecule has 1 aromatic heterocycles. The number of pyridine rings is 1. The first-order chi connectivity index (χ1) is 10.6. The summed E-state index contributed by atoms with van der Waals surface area (Å²) in [6.07, 6.45) is 4.99. The quantitative estimate of drug-likeness (QED) is 0.855. The van der Waals surface area contributed by atoms with Gasteiger partial charge >= 0.3 is 0 Å². The third kappa shape index (κ3) is 2.98. The van der Waals surface area contributed by atoms with E-state index < -0.39 is 0 Å². The van der Waals surface area contributed by atoms with E-state index in [9.17, 15) is 9.59 Å². The molecule has 5 nitrogen and oxygen atoms in total. The summed E-state index contributed by atoms with van der Waals surface area (Å²) in [7, 11) is 1.80. The van der Waals surface area contributed by atoms with Crippen molar-refractivity contribution in [2.24, 2.45) is 5.92 Å². The number of nitrogens with zero attached hydrogens (tertiary/aromatic N) is 3. The normalized spacial score (nSPS) is 23.3. The van der Waals surface area contributed by atoms with E-state index in [0.29, 0.717) is 19.0 Å². The molecule has 2 amide bonds. The van der Waals surface area contributed by atoms with Gasteiger partial charge in [-0.15, -0.1) is 0 Å². The molecule has 2 aliphatic rings. The summed E-state index contributed by atoms with van der Waals surface area (Å²) in [6, 6.07) is 6.09. The van der Waals surface area contributed by atoms with Crippen molar-refractivity contribution >= 4 is 11.8 Å². The average molecular weight is 301 g/mol. The van der Waals surface area contributed by atoms with Crippen molar-refractivity contribution in [3.63, 3.8) is 0 Å². The Labute approximate surface area is 131 Å². The van der Waals surface area contributed by atoms with Crippen LogP contribution in [0.15, 0.2) is 24.4 Å². The Morgan fingerprint density at radius 3 is 2.73 bits per heavy atom. The zero-order valence-electron chi connectivity index (χ0n) is 13.2. The predicted molar refractivity (Wildman–Crippen MR) is 82.9 cm³/mol. The van der Waals surface area contributed by atoms with Crippen LogP contribution in [0.25, 0.3) is 0 Å². The molecule has 1 aromatic rings. The molecule has 1 saturated carbocycles. The van der Waals surface area contributed by atoms with Crippen LogP contribution < -0.4 is 0 Å². The molecular weight excluding hydrogens is 278 g/mol. The smallest absolute Gasteiger partial charge is 0.227 e. The van der Waals surface area contributed by atoms with Crippen molar-refractivity contribution in [1.29, 1.82) is 0 Å². The van der Waals surface area contributed by atoms with Crippen LogP contribution >= 0.6 is 0 Å². The lowest BCUT2D eigenvalue weighted by Gasteiger charge is -2.35. The SMILES string of the molecule is C[C@H](c1ccccn1)N(C(=O)[C@@H]1CCN(C)C(=O)C1)C1CC1. The Kier molecular flexibility index (Phi) is 4.14. The van der Waals surface area contributed by atoms with E-state index in [0.717, 1.165) is 25.0 Å². The third-order valence-corrected chi connectivity index (χ3v) is 4.74. The van der Waals surface area contributed by atoms with Crippen LogP contribution in [0.5, 0.6) is 0 Å². The number of carbonyl (C=O) groups excluding carboxylic acids is 2. The maximum absolute atomic E-state index is 13.0. The van der Waals surface area contributed by atoms with E-state index in [2.05, 4.69) is 4.98 Å². The summed E-state index contributed by atoms with van der Waals surface area (Å²) < 4.78 is 0. The molecule has 2 fully saturated rings. The van der Waals surface area contributed by atoms with Crippen LogP contribution in [0.2, 0.25) is 0 Å². The fourth-order valence-electron chi connectivity index (χ4n) is 3.17. The minimum Gasteiger partial charge on any atom is -0.346 e. The molecule has 0 radical (unpaired) electrons. The van der Waals surface area contributed by atoms with Crippen LogP contribution in [0.3, 0.4) is 0 Å². The van der Waals surface area contributed by atoms with Crippen molar-refractivity contribution in [2.45, 2.75) is 44.7 Å². The number of likely N-dealkylation sites (tertiary alicyclic amines) is 1. The highest BCUT2D eigenvalue weighted by molar-refractivity contribution is 5.87. The second-order valence-corrected chi connectivity index (χ2v) is 6.41. The van der Waals surface area contributed by atoms with E-state index in [1.54, 1.807) is 18.1 Å². The van der Waals surface area contributed by atoms with Gasteiger partial charge in [0, 0.05) is 38.2 Å². The Morgan fingerprint density at radius 1 is 1.36 bits per heavy atom. The minimum absolute atomic E-state index is 0.0315. The average Bonchev–Trinajstić information content (AvgIpc) is 3.35. The summed E-state index contributed by atoms with van der Waals surface area (Å²) in [5.41, 5.74) is 0.919. The molecular formula is C17H23N3O2. The van der Waals surface area contributed by atoms with Gasteiger partial charge in [-0.3, -0.25) is 14.6 Å². The zero-order chi connectivity index (χ0) is 15.7. The summed E-state index contributed by atoms with van der Waals surface area (Å²) in [5.74, 6) is 0.0309. The molecule has 2 atom stereocenters. The van der Waals surface area contributed by atoms with E-state index in [-0.39, 0.29) is 23.8 Å². The van der Waals surface area contributed by atoms with Gasteiger partial charge in [0.05, 0.1) is 11.7 Å². The van der Waals surface area contributed by atoms with Crippen molar-refractivity contribution in [2.75, 3.05) is 13.6 Å². The molecule has 0 bridgehead atoms. The van der Waals surface area contributed by atoms with E-state index >= 15 is 0 Å². The molecule has 118 valence electrons. The molecule has 22 heavy (non-hydrogen) atoms. The van der Waals surface area contributed by atoms with Crippen LogP contribution in [-0.2, 0) is 9.59 Å². The number of hydrogen-bond acceptors (Lipinski definition) is 3. The molecule has 2 heterocycles. The van der Waals surface area contributed by atoms with E-state index in [1.807, 2.05) is 30.0 Å². The lowest BCUT2D eigenvalue weighted by molar-refractivity contribution is -0.146. The van der Waals surface area contributed by atoms with Crippen LogP contribution in [-0.4, -0.2) is 46.2 Å². The Bertz CT molecular complexity index is 556. The fraction of sp³-hybridized carbons (Fsp3) is 0.588. The highest BCUT2D eigenvalue weighted by atomic mass is 16.2.